The fourth-order valence-corrected chi connectivity index (χ4v) is 1.86. The monoisotopic (exact) mass is 262 g/mol. The molecule has 0 bridgehead atoms. The second-order valence-corrected chi connectivity index (χ2v) is 4.31. The maximum absolute atomic E-state index is 13.2. The third-order valence-corrected chi connectivity index (χ3v) is 2.83. The SMILES string of the molecule is Nc1cc(F)cc2nc(-c3ccc(Cl)cc3)oc12. The van der Waals surface area contributed by atoms with E-state index >= 15 is 0 Å². The van der Waals surface area contributed by atoms with Crippen LogP contribution in [0.15, 0.2) is 40.8 Å². The minimum absolute atomic E-state index is 0.234. The van der Waals surface area contributed by atoms with Crippen molar-refractivity contribution in [1.82, 2.24) is 4.98 Å². The molecule has 3 rings (SSSR count). The highest BCUT2D eigenvalue weighted by Gasteiger charge is 2.11. The van der Waals surface area contributed by atoms with Crippen LogP contribution in [0.25, 0.3) is 22.6 Å². The molecule has 0 amide bonds. The van der Waals surface area contributed by atoms with Crippen molar-refractivity contribution < 1.29 is 8.81 Å². The van der Waals surface area contributed by atoms with E-state index in [0.717, 1.165) is 5.56 Å². The van der Waals surface area contributed by atoms with Gasteiger partial charge >= 0.3 is 0 Å². The van der Waals surface area contributed by atoms with Crippen molar-refractivity contribution in [1.29, 1.82) is 0 Å². The van der Waals surface area contributed by atoms with Gasteiger partial charge in [-0.3, -0.25) is 0 Å². The number of anilines is 1. The van der Waals surface area contributed by atoms with Gasteiger partial charge in [0.2, 0.25) is 5.89 Å². The minimum atomic E-state index is -0.434. The first kappa shape index (κ1) is 11.0. The fourth-order valence-electron chi connectivity index (χ4n) is 1.74. The molecule has 0 atom stereocenters. The molecule has 1 heterocycles. The Hall–Kier alpha value is -2.07. The van der Waals surface area contributed by atoms with Crippen LogP contribution in [0.2, 0.25) is 5.02 Å². The molecular weight excluding hydrogens is 255 g/mol. The Morgan fingerprint density at radius 2 is 1.89 bits per heavy atom. The summed E-state index contributed by atoms with van der Waals surface area (Å²) in [5, 5.41) is 0.625. The van der Waals surface area contributed by atoms with E-state index in [4.69, 9.17) is 21.8 Å². The van der Waals surface area contributed by atoms with Crippen molar-refractivity contribution in [3.05, 3.63) is 47.2 Å². The van der Waals surface area contributed by atoms with Gasteiger partial charge in [0.1, 0.15) is 11.3 Å². The first-order chi connectivity index (χ1) is 8.63. The number of hydrogen-bond acceptors (Lipinski definition) is 3. The highest BCUT2D eigenvalue weighted by atomic mass is 35.5. The summed E-state index contributed by atoms with van der Waals surface area (Å²) >= 11 is 5.80. The molecule has 0 spiro atoms. The first-order valence-corrected chi connectivity index (χ1v) is 5.63. The fraction of sp³-hybridized carbons (Fsp3) is 0. The molecule has 0 saturated heterocycles. The van der Waals surface area contributed by atoms with Gasteiger partial charge in [0.25, 0.3) is 0 Å². The molecule has 2 N–H and O–H groups in total. The average molecular weight is 263 g/mol. The number of nitrogens with two attached hydrogens (primary N) is 1. The zero-order valence-corrected chi connectivity index (χ0v) is 9.91. The lowest BCUT2D eigenvalue weighted by Crippen LogP contribution is -1.86. The molecule has 0 radical (unpaired) electrons. The maximum Gasteiger partial charge on any atom is 0.227 e. The summed E-state index contributed by atoms with van der Waals surface area (Å²) in [5.74, 6) is -0.0464. The molecule has 18 heavy (non-hydrogen) atoms. The van der Waals surface area contributed by atoms with E-state index in [9.17, 15) is 4.39 Å². The van der Waals surface area contributed by atoms with Crippen LogP contribution in [-0.4, -0.2) is 4.98 Å². The molecule has 90 valence electrons. The molecule has 0 fully saturated rings. The van der Waals surface area contributed by atoms with Crippen molar-refractivity contribution in [2.24, 2.45) is 0 Å². The lowest BCUT2D eigenvalue weighted by molar-refractivity contribution is 0.616. The van der Waals surface area contributed by atoms with Gasteiger partial charge in [-0.25, -0.2) is 9.37 Å². The second-order valence-electron chi connectivity index (χ2n) is 3.87. The third kappa shape index (κ3) is 1.80. The van der Waals surface area contributed by atoms with Gasteiger partial charge in [0.05, 0.1) is 5.69 Å². The number of benzene rings is 2. The van der Waals surface area contributed by atoms with Gasteiger partial charge in [-0.2, -0.15) is 0 Å². The van der Waals surface area contributed by atoms with E-state index in [2.05, 4.69) is 4.98 Å². The van der Waals surface area contributed by atoms with Crippen LogP contribution in [-0.2, 0) is 0 Å². The molecule has 3 nitrogen and oxygen atoms in total. The van der Waals surface area contributed by atoms with E-state index in [-0.39, 0.29) is 5.69 Å². The highest BCUT2D eigenvalue weighted by Crippen LogP contribution is 2.29. The number of fused-ring (bicyclic) bond motifs is 1. The van der Waals surface area contributed by atoms with Gasteiger partial charge in [0, 0.05) is 22.7 Å². The topological polar surface area (TPSA) is 52.0 Å². The molecule has 0 unspecified atom stereocenters. The lowest BCUT2D eigenvalue weighted by Gasteiger charge is -1.94. The Kier molecular flexibility index (Phi) is 2.45. The van der Waals surface area contributed by atoms with Crippen molar-refractivity contribution in [2.75, 3.05) is 5.73 Å². The maximum atomic E-state index is 13.2. The zero-order valence-electron chi connectivity index (χ0n) is 9.15. The van der Waals surface area contributed by atoms with Crippen LogP contribution in [0.4, 0.5) is 10.1 Å². The summed E-state index contributed by atoms with van der Waals surface area (Å²) in [5.41, 5.74) is 7.46. The Bertz CT molecular complexity index is 722. The number of oxazole rings is 1. The van der Waals surface area contributed by atoms with E-state index in [1.165, 1.54) is 12.1 Å². The van der Waals surface area contributed by atoms with E-state index in [1.807, 2.05) is 0 Å². The van der Waals surface area contributed by atoms with Crippen molar-refractivity contribution in [3.63, 3.8) is 0 Å². The van der Waals surface area contributed by atoms with Gasteiger partial charge in [-0.05, 0) is 24.3 Å². The van der Waals surface area contributed by atoms with Crippen LogP contribution < -0.4 is 5.73 Å². The van der Waals surface area contributed by atoms with Gasteiger partial charge < -0.3 is 10.2 Å². The smallest absolute Gasteiger partial charge is 0.227 e. The number of nitrogens with zero attached hydrogens (tertiary/aromatic N) is 1. The second kappa shape index (κ2) is 3.99. The number of hydrogen-bond donors (Lipinski definition) is 1. The molecule has 5 heteroatoms. The van der Waals surface area contributed by atoms with Crippen LogP contribution in [0.1, 0.15) is 0 Å². The quantitative estimate of drug-likeness (QED) is 0.677. The third-order valence-electron chi connectivity index (χ3n) is 2.57. The normalized spacial score (nSPS) is 11.0. The molecule has 1 aromatic heterocycles. The Labute approximate surface area is 107 Å². The van der Waals surface area contributed by atoms with E-state index in [0.29, 0.717) is 22.0 Å². The predicted octanol–water partition coefficient (Wildman–Crippen LogP) is 3.87. The minimum Gasteiger partial charge on any atom is -0.434 e. The Balaban J connectivity index is 2.19. The zero-order chi connectivity index (χ0) is 12.7. The summed E-state index contributed by atoms with van der Waals surface area (Å²) < 4.78 is 18.7. The summed E-state index contributed by atoms with van der Waals surface area (Å²) in [6.45, 7) is 0. The van der Waals surface area contributed by atoms with E-state index < -0.39 is 5.82 Å². The number of halogens is 2. The van der Waals surface area contributed by atoms with Crippen LogP contribution >= 0.6 is 11.6 Å². The Morgan fingerprint density at radius 3 is 2.61 bits per heavy atom. The summed E-state index contributed by atoms with van der Waals surface area (Å²) in [6, 6.07) is 9.51. The highest BCUT2D eigenvalue weighted by molar-refractivity contribution is 6.30. The summed E-state index contributed by atoms with van der Waals surface area (Å²) in [7, 11) is 0. The molecule has 0 aliphatic rings. The first-order valence-electron chi connectivity index (χ1n) is 5.25. The van der Waals surface area contributed by atoms with Crippen LogP contribution in [0.5, 0.6) is 0 Å². The van der Waals surface area contributed by atoms with Crippen LogP contribution in [0.3, 0.4) is 0 Å². The summed E-state index contributed by atoms with van der Waals surface area (Å²) in [4.78, 5) is 4.20. The predicted molar refractivity (Wildman–Crippen MR) is 68.8 cm³/mol. The van der Waals surface area contributed by atoms with E-state index in [1.54, 1.807) is 24.3 Å². The molecule has 2 aromatic carbocycles. The van der Waals surface area contributed by atoms with Crippen molar-refractivity contribution >= 4 is 28.4 Å². The number of nitrogen functional groups attached to an aromatic ring is 1. The van der Waals surface area contributed by atoms with Gasteiger partial charge in [-0.1, -0.05) is 11.6 Å². The van der Waals surface area contributed by atoms with Crippen LogP contribution in [0, 0.1) is 5.82 Å². The molecule has 3 aromatic rings. The molecule has 0 aliphatic heterocycles. The Morgan fingerprint density at radius 1 is 1.17 bits per heavy atom. The standard InChI is InChI=1S/C13H8ClFN2O/c14-8-3-1-7(2-4-8)13-17-11-6-9(15)5-10(16)12(11)18-13/h1-6H,16H2. The molecular formula is C13H8ClFN2O. The van der Waals surface area contributed by atoms with Crippen molar-refractivity contribution in [2.45, 2.75) is 0 Å². The molecule has 0 aliphatic carbocycles. The average Bonchev–Trinajstić information content (AvgIpc) is 2.74. The molecule has 0 saturated carbocycles. The summed E-state index contributed by atoms with van der Waals surface area (Å²) in [6.07, 6.45) is 0. The lowest BCUT2D eigenvalue weighted by atomic mass is 10.2. The largest absolute Gasteiger partial charge is 0.434 e. The number of rotatable bonds is 1. The van der Waals surface area contributed by atoms with Crippen molar-refractivity contribution in [3.8, 4) is 11.5 Å². The number of aromatic nitrogens is 1. The van der Waals surface area contributed by atoms with Gasteiger partial charge in [-0.15, -0.1) is 0 Å². The van der Waals surface area contributed by atoms with Gasteiger partial charge in [0.15, 0.2) is 5.58 Å².